The zero-order valence-corrected chi connectivity index (χ0v) is 11.9. The van der Waals surface area contributed by atoms with Gasteiger partial charge in [-0.1, -0.05) is 42.5 Å². The van der Waals surface area contributed by atoms with Gasteiger partial charge < -0.3 is 5.73 Å². The summed E-state index contributed by atoms with van der Waals surface area (Å²) in [6.45, 7) is 0. The molecule has 0 radical (unpaired) electrons. The lowest BCUT2D eigenvalue weighted by Crippen LogP contribution is -2.18. The molecule has 2 heteroatoms. The van der Waals surface area contributed by atoms with Gasteiger partial charge in [-0.3, -0.25) is 4.98 Å². The van der Waals surface area contributed by atoms with Crippen molar-refractivity contribution >= 4 is 10.8 Å². The van der Waals surface area contributed by atoms with Crippen LogP contribution in [0.15, 0.2) is 60.8 Å². The Morgan fingerprint density at radius 1 is 1.00 bits per heavy atom. The Labute approximate surface area is 124 Å². The van der Waals surface area contributed by atoms with Gasteiger partial charge in [0, 0.05) is 23.9 Å². The van der Waals surface area contributed by atoms with Crippen LogP contribution in [0.2, 0.25) is 0 Å². The highest BCUT2D eigenvalue weighted by molar-refractivity contribution is 5.83. The fourth-order valence-electron chi connectivity index (χ4n) is 3.44. The van der Waals surface area contributed by atoms with Gasteiger partial charge in [0.25, 0.3) is 0 Å². The number of benzene rings is 2. The van der Waals surface area contributed by atoms with Crippen molar-refractivity contribution in [3.05, 3.63) is 77.6 Å². The van der Waals surface area contributed by atoms with Crippen LogP contribution in [0.3, 0.4) is 0 Å². The summed E-state index contributed by atoms with van der Waals surface area (Å²) >= 11 is 0. The highest BCUT2D eigenvalue weighted by Crippen LogP contribution is 2.39. The van der Waals surface area contributed by atoms with Gasteiger partial charge in [-0.2, -0.15) is 0 Å². The molecule has 0 aliphatic heterocycles. The molecule has 0 spiro atoms. The molecule has 1 aromatic heterocycles. The van der Waals surface area contributed by atoms with Crippen molar-refractivity contribution < 1.29 is 0 Å². The van der Waals surface area contributed by atoms with E-state index in [2.05, 4.69) is 53.5 Å². The summed E-state index contributed by atoms with van der Waals surface area (Å²) in [5.41, 5.74) is 10.3. The monoisotopic (exact) mass is 274 g/mol. The maximum absolute atomic E-state index is 6.57. The highest BCUT2D eigenvalue weighted by atomic mass is 14.8. The van der Waals surface area contributed by atoms with E-state index in [1.165, 1.54) is 27.6 Å². The van der Waals surface area contributed by atoms with Gasteiger partial charge in [-0.05, 0) is 46.9 Å². The highest BCUT2D eigenvalue weighted by Gasteiger charge is 2.29. The minimum absolute atomic E-state index is 0.0192. The average Bonchev–Trinajstić information content (AvgIpc) is 2.98. The summed E-state index contributed by atoms with van der Waals surface area (Å²) < 4.78 is 0. The van der Waals surface area contributed by atoms with E-state index in [1.54, 1.807) is 0 Å². The van der Waals surface area contributed by atoms with Gasteiger partial charge in [0.2, 0.25) is 0 Å². The van der Waals surface area contributed by atoms with Crippen LogP contribution in [0.25, 0.3) is 10.8 Å². The Kier molecular flexibility index (Phi) is 2.97. The lowest BCUT2D eigenvalue weighted by molar-refractivity contribution is 0.542. The quantitative estimate of drug-likeness (QED) is 0.768. The summed E-state index contributed by atoms with van der Waals surface area (Å²) in [6, 6.07) is 19.2. The molecule has 0 amide bonds. The molecule has 4 rings (SSSR count). The molecule has 2 atom stereocenters. The van der Waals surface area contributed by atoms with E-state index in [0.717, 1.165) is 12.8 Å². The van der Waals surface area contributed by atoms with E-state index in [0.29, 0.717) is 5.92 Å². The average molecular weight is 274 g/mol. The zero-order chi connectivity index (χ0) is 14.2. The molecule has 0 saturated carbocycles. The van der Waals surface area contributed by atoms with E-state index in [1.807, 2.05) is 12.3 Å². The number of hydrogen-bond donors (Lipinski definition) is 1. The van der Waals surface area contributed by atoms with Crippen molar-refractivity contribution in [2.45, 2.75) is 24.8 Å². The molecule has 104 valence electrons. The Hall–Kier alpha value is -2.19. The maximum atomic E-state index is 6.57. The summed E-state index contributed by atoms with van der Waals surface area (Å²) in [6.07, 6.45) is 4.07. The molecular formula is C19H18N2. The largest absolute Gasteiger partial charge is 0.323 e. The van der Waals surface area contributed by atoms with Crippen molar-refractivity contribution in [2.24, 2.45) is 5.73 Å². The predicted molar refractivity (Wildman–Crippen MR) is 86.2 cm³/mol. The first-order chi connectivity index (χ1) is 10.3. The van der Waals surface area contributed by atoms with E-state index >= 15 is 0 Å². The summed E-state index contributed by atoms with van der Waals surface area (Å²) in [5, 5.41) is 2.52. The number of aromatic nitrogens is 1. The maximum Gasteiger partial charge on any atom is 0.0485 e. The Morgan fingerprint density at radius 2 is 1.86 bits per heavy atom. The number of nitrogens with two attached hydrogens (primary N) is 1. The molecule has 3 aromatic rings. The molecule has 1 aliphatic carbocycles. The third kappa shape index (κ3) is 2.12. The smallest absolute Gasteiger partial charge is 0.0485 e. The lowest BCUT2D eigenvalue weighted by atomic mass is 9.90. The molecular weight excluding hydrogens is 256 g/mol. The molecule has 21 heavy (non-hydrogen) atoms. The fraction of sp³-hybridized carbons (Fsp3) is 0.211. The second kappa shape index (κ2) is 4.97. The van der Waals surface area contributed by atoms with Crippen molar-refractivity contribution in [3.8, 4) is 0 Å². The van der Waals surface area contributed by atoms with Crippen LogP contribution in [-0.4, -0.2) is 4.98 Å². The van der Waals surface area contributed by atoms with Crippen LogP contribution in [0.1, 0.15) is 35.2 Å². The van der Waals surface area contributed by atoms with Crippen molar-refractivity contribution in [1.29, 1.82) is 0 Å². The second-order valence-corrected chi connectivity index (χ2v) is 5.83. The van der Waals surface area contributed by atoms with Gasteiger partial charge >= 0.3 is 0 Å². The molecule has 2 N–H and O–H groups in total. The number of fused-ring (bicyclic) bond motifs is 2. The third-order valence-corrected chi connectivity index (χ3v) is 4.59. The van der Waals surface area contributed by atoms with Crippen LogP contribution >= 0.6 is 0 Å². The molecule has 1 heterocycles. The summed E-state index contributed by atoms with van der Waals surface area (Å²) in [5.74, 6) is 0.336. The zero-order valence-electron chi connectivity index (χ0n) is 11.9. The summed E-state index contributed by atoms with van der Waals surface area (Å²) in [4.78, 5) is 4.57. The standard InChI is InChI=1S/C19H18N2/c20-18(17-10-9-14-6-3-11-21-19(14)17)16-8-7-13-4-1-2-5-15(13)12-16/h1-8,11-12,17-18H,9-10,20H2. The number of pyridine rings is 1. The predicted octanol–water partition coefficient (Wildman–Crippen LogP) is 3.96. The molecule has 0 bridgehead atoms. The molecule has 1 aliphatic rings. The van der Waals surface area contributed by atoms with E-state index in [9.17, 15) is 0 Å². The number of rotatable bonds is 2. The molecule has 2 unspecified atom stereocenters. The minimum Gasteiger partial charge on any atom is -0.323 e. The Bertz CT molecular complexity index is 794. The lowest BCUT2D eigenvalue weighted by Gasteiger charge is -2.20. The van der Waals surface area contributed by atoms with E-state index in [-0.39, 0.29) is 6.04 Å². The molecule has 0 saturated heterocycles. The number of nitrogens with zero attached hydrogens (tertiary/aromatic N) is 1. The van der Waals surface area contributed by atoms with Crippen molar-refractivity contribution in [2.75, 3.05) is 0 Å². The number of aryl methyl sites for hydroxylation is 1. The van der Waals surface area contributed by atoms with Crippen LogP contribution in [0, 0.1) is 0 Å². The summed E-state index contributed by atoms with van der Waals surface area (Å²) in [7, 11) is 0. The fourth-order valence-corrected chi connectivity index (χ4v) is 3.44. The molecule has 2 aromatic carbocycles. The van der Waals surface area contributed by atoms with Gasteiger partial charge in [-0.25, -0.2) is 0 Å². The Balaban J connectivity index is 1.72. The van der Waals surface area contributed by atoms with Crippen LogP contribution in [0.4, 0.5) is 0 Å². The van der Waals surface area contributed by atoms with Gasteiger partial charge in [0.15, 0.2) is 0 Å². The number of hydrogen-bond acceptors (Lipinski definition) is 2. The van der Waals surface area contributed by atoms with Gasteiger partial charge in [0.1, 0.15) is 0 Å². The SMILES string of the molecule is NC(c1ccc2ccccc2c1)C1CCc2cccnc21. The van der Waals surface area contributed by atoms with Gasteiger partial charge in [0.05, 0.1) is 0 Å². The van der Waals surface area contributed by atoms with Crippen molar-refractivity contribution in [3.63, 3.8) is 0 Å². The van der Waals surface area contributed by atoms with Crippen molar-refractivity contribution in [1.82, 2.24) is 4.98 Å². The first-order valence-electron chi connectivity index (χ1n) is 7.51. The van der Waals surface area contributed by atoms with E-state index < -0.39 is 0 Å². The van der Waals surface area contributed by atoms with Crippen LogP contribution < -0.4 is 5.73 Å². The molecule has 0 fully saturated rings. The first kappa shape index (κ1) is 12.5. The van der Waals surface area contributed by atoms with Crippen LogP contribution in [-0.2, 0) is 6.42 Å². The molecule has 2 nitrogen and oxygen atoms in total. The second-order valence-electron chi connectivity index (χ2n) is 5.83. The Morgan fingerprint density at radius 3 is 2.76 bits per heavy atom. The normalized spacial score (nSPS) is 18.6. The topological polar surface area (TPSA) is 38.9 Å². The van der Waals surface area contributed by atoms with Gasteiger partial charge in [-0.15, -0.1) is 0 Å². The first-order valence-corrected chi connectivity index (χ1v) is 7.51. The minimum atomic E-state index is 0.0192. The van der Waals surface area contributed by atoms with Crippen LogP contribution in [0.5, 0.6) is 0 Å². The van der Waals surface area contributed by atoms with E-state index in [4.69, 9.17) is 5.73 Å². The third-order valence-electron chi connectivity index (χ3n) is 4.59.